The van der Waals surface area contributed by atoms with Crippen molar-refractivity contribution in [3.63, 3.8) is 0 Å². The van der Waals surface area contributed by atoms with Crippen LogP contribution in [0.15, 0.2) is 66.2 Å². The third-order valence-corrected chi connectivity index (χ3v) is 13.9. The molecule has 0 spiro atoms. The van der Waals surface area contributed by atoms with Gasteiger partial charge in [-0.3, -0.25) is 0 Å². The standard InChI is InChI=1S/C29H38O4Si/c1-8-31-27(30)26-18-28(24-15-10-9-11-16-24)25-17-13-12-14-23(25)19-32-29(26,28)33-34(20(2)3,21(4)5)22(6)7/h9-18,20-22H,8,19H2,1-7H3/t28-,29-/m1/s1. The highest BCUT2D eigenvalue weighted by molar-refractivity contribution is 6.77. The molecule has 182 valence electrons. The minimum absolute atomic E-state index is 0.308. The molecule has 0 fully saturated rings. The Hall–Kier alpha value is -2.21. The molecule has 0 unspecified atom stereocenters. The van der Waals surface area contributed by atoms with E-state index in [9.17, 15) is 4.79 Å². The lowest BCUT2D eigenvalue weighted by atomic mass is 9.56. The van der Waals surface area contributed by atoms with Crippen molar-refractivity contribution in [2.24, 2.45) is 0 Å². The molecule has 2 aromatic carbocycles. The van der Waals surface area contributed by atoms with Crippen molar-refractivity contribution in [3.05, 3.63) is 82.9 Å². The number of hydrogen-bond donors (Lipinski definition) is 0. The molecule has 1 aliphatic carbocycles. The largest absolute Gasteiger partial charge is 0.462 e. The van der Waals surface area contributed by atoms with Gasteiger partial charge < -0.3 is 13.9 Å². The van der Waals surface area contributed by atoms with Gasteiger partial charge in [0.15, 0.2) is 0 Å². The molecule has 0 saturated heterocycles. The first-order valence-electron chi connectivity index (χ1n) is 12.6. The van der Waals surface area contributed by atoms with Gasteiger partial charge in [0.1, 0.15) is 0 Å². The van der Waals surface area contributed by atoms with E-state index in [0.717, 1.165) is 16.7 Å². The van der Waals surface area contributed by atoms with Crippen LogP contribution >= 0.6 is 0 Å². The Labute approximate surface area is 205 Å². The van der Waals surface area contributed by atoms with Crippen LogP contribution in [0.25, 0.3) is 0 Å². The maximum absolute atomic E-state index is 13.3. The monoisotopic (exact) mass is 478 g/mol. The Bertz CT molecular complexity index is 1050. The first kappa shape index (κ1) is 24.9. The van der Waals surface area contributed by atoms with E-state index in [1.54, 1.807) is 0 Å². The smallest absolute Gasteiger partial charge is 0.339 e. The van der Waals surface area contributed by atoms with Crippen molar-refractivity contribution in [1.82, 2.24) is 0 Å². The van der Waals surface area contributed by atoms with Gasteiger partial charge in [0.25, 0.3) is 0 Å². The van der Waals surface area contributed by atoms with E-state index < -0.39 is 19.5 Å². The molecule has 34 heavy (non-hydrogen) atoms. The van der Waals surface area contributed by atoms with Crippen molar-refractivity contribution in [2.45, 2.75) is 82.9 Å². The molecular weight excluding hydrogens is 440 g/mol. The van der Waals surface area contributed by atoms with Crippen molar-refractivity contribution >= 4 is 14.3 Å². The minimum atomic E-state index is -2.46. The fraction of sp³-hybridized carbons (Fsp3) is 0.483. The fourth-order valence-electron chi connectivity index (χ4n) is 6.50. The number of fused-ring (bicyclic) bond motifs is 3. The molecule has 0 amide bonds. The summed E-state index contributed by atoms with van der Waals surface area (Å²) in [6.45, 7) is 16.1. The Morgan fingerprint density at radius 2 is 1.53 bits per heavy atom. The van der Waals surface area contributed by atoms with E-state index in [1.165, 1.54) is 0 Å². The molecule has 0 aromatic heterocycles. The van der Waals surface area contributed by atoms with Crippen LogP contribution < -0.4 is 0 Å². The van der Waals surface area contributed by atoms with Crippen LogP contribution in [0.3, 0.4) is 0 Å². The van der Waals surface area contributed by atoms with Gasteiger partial charge in [0.2, 0.25) is 14.1 Å². The first-order valence-corrected chi connectivity index (χ1v) is 14.7. The predicted molar refractivity (Wildman–Crippen MR) is 138 cm³/mol. The fourth-order valence-corrected chi connectivity index (χ4v) is 12.0. The summed E-state index contributed by atoms with van der Waals surface area (Å²) in [4.78, 5) is 13.3. The van der Waals surface area contributed by atoms with Crippen LogP contribution in [0, 0.1) is 0 Å². The Morgan fingerprint density at radius 1 is 0.941 bits per heavy atom. The lowest BCUT2D eigenvalue weighted by Crippen LogP contribution is -2.71. The van der Waals surface area contributed by atoms with Gasteiger partial charge in [0, 0.05) is 0 Å². The van der Waals surface area contributed by atoms with E-state index in [0.29, 0.717) is 35.4 Å². The van der Waals surface area contributed by atoms with Gasteiger partial charge in [-0.2, -0.15) is 0 Å². The summed E-state index contributed by atoms with van der Waals surface area (Å²) in [5.74, 6) is -1.58. The SMILES string of the molecule is CCOC(=O)C1=C[C@@]2(c3ccccc3)c3ccccc3CO[C@@]12O[Si](C(C)C)(C(C)C)C(C)C. The normalized spacial score (nSPS) is 23.9. The van der Waals surface area contributed by atoms with Gasteiger partial charge in [-0.05, 0) is 46.3 Å². The van der Waals surface area contributed by atoms with Crippen LogP contribution in [0.5, 0.6) is 0 Å². The predicted octanol–water partition coefficient (Wildman–Crippen LogP) is 6.89. The maximum atomic E-state index is 13.3. The maximum Gasteiger partial charge on any atom is 0.339 e. The zero-order valence-corrected chi connectivity index (χ0v) is 22.6. The van der Waals surface area contributed by atoms with E-state index in [2.05, 4.69) is 71.9 Å². The highest BCUT2D eigenvalue weighted by Crippen LogP contribution is 2.63. The van der Waals surface area contributed by atoms with Crippen LogP contribution in [-0.4, -0.2) is 26.7 Å². The van der Waals surface area contributed by atoms with Gasteiger partial charge in [0.05, 0.1) is 24.2 Å². The molecule has 4 rings (SSSR count). The van der Waals surface area contributed by atoms with E-state index in [1.807, 2.05) is 37.3 Å². The Morgan fingerprint density at radius 3 is 2.12 bits per heavy atom. The van der Waals surface area contributed by atoms with Crippen molar-refractivity contribution in [1.29, 1.82) is 0 Å². The molecule has 0 bridgehead atoms. The molecule has 2 atom stereocenters. The topological polar surface area (TPSA) is 44.8 Å². The lowest BCUT2D eigenvalue weighted by molar-refractivity contribution is -0.228. The van der Waals surface area contributed by atoms with Gasteiger partial charge in [-0.25, -0.2) is 4.79 Å². The number of carbonyl (C=O) groups excluding carboxylic acids is 1. The summed E-state index contributed by atoms with van der Waals surface area (Å²) >= 11 is 0. The summed E-state index contributed by atoms with van der Waals surface area (Å²) in [6, 6.07) is 18.7. The molecule has 1 heterocycles. The first-order chi connectivity index (χ1) is 16.2. The molecule has 0 radical (unpaired) electrons. The second-order valence-corrected chi connectivity index (χ2v) is 15.8. The van der Waals surface area contributed by atoms with E-state index >= 15 is 0 Å². The number of rotatable bonds is 8. The number of esters is 1. The number of hydrogen-bond acceptors (Lipinski definition) is 4. The number of ether oxygens (including phenoxy) is 2. The summed E-state index contributed by atoms with van der Waals surface area (Å²) < 4.78 is 19.8. The molecule has 1 aliphatic heterocycles. The Balaban J connectivity index is 2.04. The molecular formula is C29H38O4Si. The summed E-state index contributed by atoms with van der Waals surface area (Å²) in [6.07, 6.45) is 2.04. The van der Waals surface area contributed by atoms with Gasteiger partial charge in [-0.1, -0.05) is 96.1 Å². The third-order valence-electron chi connectivity index (χ3n) is 7.86. The van der Waals surface area contributed by atoms with Crippen molar-refractivity contribution in [3.8, 4) is 0 Å². The summed E-state index contributed by atoms with van der Waals surface area (Å²) in [7, 11) is -2.46. The molecule has 2 aliphatic rings. The average Bonchev–Trinajstić information content (AvgIpc) is 2.79. The van der Waals surface area contributed by atoms with Crippen molar-refractivity contribution < 1.29 is 18.7 Å². The molecule has 0 saturated carbocycles. The third kappa shape index (κ3) is 3.35. The van der Waals surface area contributed by atoms with Crippen LogP contribution in [0.4, 0.5) is 0 Å². The molecule has 4 nitrogen and oxygen atoms in total. The highest BCUT2D eigenvalue weighted by Gasteiger charge is 2.71. The summed E-state index contributed by atoms with van der Waals surface area (Å²) in [5.41, 5.74) is 4.10. The molecule has 5 heteroatoms. The lowest BCUT2D eigenvalue weighted by Gasteiger charge is -2.62. The highest BCUT2D eigenvalue weighted by atomic mass is 28.4. The van der Waals surface area contributed by atoms with Crippen LogP contribution in [-0.2, 0) is 30.7 Å². The second kappa shape index (κ2) is 9.10. The summed E-state index contributed by atoms with van der Waals surface area (Å²) in [5, 5.41) is 0. The van der Waals surface area contributed by atoms with Gasteiger partial charge in [-0.15, -0.1) is 0 Å². The second-order valence-electron chi connectivity index (χ2n) is 10.4. The van der Waals surface area contributed by atoms with E-state index in [4.69, 9.17) is 13.9 Å². The zero-order valence-electron chi connectivity index (χ0n) is 21.6. The van der Waals surface area contributed by atoms with Crippen LogP contribution in [0.1, 0.15) is 65.2 Å². The number of carbonyl (C=O) groups is 1. The molecule has 0 N–H and O–H groups in total. The average molecular weight is 479 g/mol. The van der Waals surface area contributed by atoms with Crippen molar-refractivity contribution in [2.75, 3.05) is 6.61 Å². The quantitative estimate of drug-likeness (QED) is 0.306. The number of benzene rings is 2. The van der Waals surface area contributed by atoms with Gasteiger partial charge >= 0.3 is 5.97 Å². The Kier molecular flexibility index (Phi) is 6.66. The zero-order chi connectivity index (χ0) is 24.7. The minimum Gasteiger partial charge on any atom is -0.462 e. The van der Waals surface area contributed by atoms with E-state index in [-0.39, 0.29) is 5.97 Å². The van der Waals surface area contributed by atoms with Crippen LogP contribution in [0.2, 0.25) is 16.6 Å². The molecule has 2 aromatic rings.